The second kappa shape index (κ2) is 6.44. The highest BCUT2D eigenvalue weighted by molar-refractivity contribution is 6.43. The summed E-state index contributed by atoms with van der Waals surface area (Å²) < 4.78 is 11.4. The van der Waals surface area contributed by atoms with E-state index >= 15 is 0 Å². The molecule has 1 aromatic carbocycles. The summed E-state index contributed by atoms with van der Waals surface area (Å²) in [7, 11) is 0. The summed E-state index contributed by atoms with van der Waals surface area (Å²) in [4.78, 5) is 4.21. The van der Waals surface area contributed by atoms with E-state index in [1.165, 1.54) is 6.26 Å². The minimum Gasteiger partial charge on any atom is -0.479 e. The quantitative estimate of drug-likeness (QED) is 0.835. The summed E-state index contributed by atoms with van der Waals surface area (Å²) in [5, 5.41) is 4.50. The van der Waals surface area contributed by atoms with Crippen LogP contribution in [-0.2, 0) is 0 Å². The summed E-state index contributed by atoms with van der Waals surface area (Å²) >= 11 is 18.1. The van der Waals surface area contributed by atoms with Crippen LogP contribution in [0.5, 0.6) is 5.75 Å². The molecule has 1 unspecified atom stereocenters. The average Bonchev–Trinajstić information content (AvgIpc) is 3.14. The van der Waals surface area contributed by atoms with Crippen molar-refractivity contribution in [2.24, 2.45) is 5.92 Å². The van der Waals surface area contributed by atoms with Crippen LogP contribution in [0.2, 0.25) is 15.1 Å². The molecule has 4 nitrogen and oxygen atoms in total. The van der Waals surface area contributed by atoms with Crippen molar-refractivity contribution in [1.29, 1.82) is 0 Å². The Morgan fingerprint density at radius 3 is 2.71 bits per heavy atom. The van der Waals surface area contributed by atoms with E-state index in [0.717, 1.165) is 19.5 Å². The van der Waals surface area contributed by atoms with Crippen molar-refractivity contribution < 1.29 is 9.15 Å². The number of hydrogen-bond donors (Lipinski definition) is 1. The van der Waals surface area contributed by atoms with Gasteiger partial charge in [-0.3, -0.25) is 0 Å². The molecule has 0 bridgehead atoms. The Balaban J connectivity index is 1.89. The number of oxazole rings is 1. The molecular weight excluding hydrogens is 335 g/mol. The van der Waals surface area contributed by atoms with E-state index in [4.69, 9.17) is 44.0 Å². The predicted octanol–water partition coefficient (Wildman–Crippen LogP) is 4.36. The van der Waals surface area contributed by atoms with E-state index in [-0.39, 0.29) is 12.0 Å². The minimum absolute atomic E-state index is 0.258. The number of halogens is 3. The second-order valence-electron chi connectivity index (χ2n) is 4.86. The van der Waals surface area contributed by atoms with Crippen LogP contribution < -0.4 is 10.1 Å². The van der Waals surface area contributed by atoms with Gasteiger partial charge in [0.2, 0.25) is 5.89 Å². The highest BCUT2D eigenvalue weighted by Crippen LogP contribution is 2.38. The van der Waals surface area contributed by atoms with Gasteiger partial charge in [0.1, 0.15) is 12.0 Å². The fourth-order valence-electron chi connectivity index (χ4n) is 2.39. The van der Waals surface area contributed by atoms with Crippen LogP contribution in [0.4, 0.5) is 0 Å². The lowest BCUT2D eigenvalue weighted by Gasteiger charge is -2.22. The largest absolute Gasteiger partial charge is 0.479 e. The molecule has 21 heavy (non-hydrogen) atoms. The maximum atomic E-state index is 6.18. The molecule has 112 valence electrons. The molecule has 1 aliphatic heterocycles. The molecule has 0 amide bonds. The fraction of sp³-hybridized carbons (Fsp3) is 0.357. The molecule has 2 aromatic rings. The van der Waals surface area contributed by atoms with Gasteiger partial charge >= 0.3 is 0 Å². The van der Waals surface area contributed by atoms with Gasteiger partial charge in [-0.25, -0.2) is 4.98 Å². The van der Waals surface area contributed by atoms with Crippen molar-refractivity contribution in [3.8, 4) is 5.75 Å². The zero-order valence-corrected chi connectivity index (χ0v) is 13.3. The maximum absolute atomic E-state index is 6.18. The maximum Gasteiger partial charge on any atom is 0.235 e. The fourth-order valence-corrected chi connectivity index (χ4v) is 2.97. The number of nitrogens with zero attached hydrogens (tertiary/aromatic N) is 1. The molecule has 3 rings (SSSR count). The third-order valence-electron chi connectivity index (χ3n) is 3.45. The van der Waals surface area contributed by atoms with Crippen LogP contribution in [0.1, 0.15) is 18.4 Å². The Labute approximate surface area is 137 Å². The van der Waals surface area contributed by atoms with Gasteiger partial charge in [0.25, 0.3) is 0 Å². The monoisotopic (exact) mass is 346 g/mol. The third-order valence-corrected chi connectivity index (χ3v) is 4.47. The Morgan fingerprint density at radius 1 is 1.24 bits per heavy atom. The third kappa shape index (κ3) is 3.29. The van der Waals surface area contributed by atoms with Crippen LogP contribution in [-0.4, -0.2) is 18.1 Å². The van der Waals surface area contributed by atoms with E-state index in [9.17, 15) is 0 Å². The minimum atomic E-state index is -0.315. The molecule has 2 heterocycles. The average molecular weight is 348 g/mol. The predicted molar refractivity (Wildman–Crippen MR) is 82.3 cm³/mol. The topological polar surface area (TPSA) is 47.3 Å². The molecule has 1 saturated heterocycles. The Hall–Kier alpha value is -0.940. The van der Waals surface area contributed by atoms with Crippen molar-refractivity contribution in [1.82, 2.24) is 10.3 Å². The highest BCUT2D eigenvalue weighted by Gasteiger charge is 2.32. The molecule has 2 atom stereocenters. The first kappa shape index (κ1) is 15.0. The first-order chi connectivity index (χ1) is 10.1. The van der Waals surface area contributed by atoms with Gasteiger partial charge in [-0.05, 0) is 19.0 Å². The van der Waals surface area contributed by atoms with Gasteiger partial charge in [-0.1, -0.05) is 34.8 Å². The Kier molecular flexibility index (Phi) is 4.60. The van der Waals surface area contributed by atoms with Gasteiger partial charge in [0, 0.05) is 18.5 Å². The van der Waals surface area contributed by atoms with E-state index < -0.39 is 0 Å². The van der Waals surface area contributed by atoms with Crippen molar-refractivity contribution in [3.63, 3.8) is 0 Å². The molecule has 1 aliphatic rings. The number of benzene rings is 1. The summed E-state index contributed by atoms with van der Waals surface area (Å²) in [5.74, 6) is 1.26. The molecule has 0 radical (unpaired) electrons. The smallest absolute Gasteiger partial charge is 0.235 e. The summed E-state index contributed by atoms with van der Waals surface area (Å²) in [6.07, 6.45) is 3.80. The number of ether oxygens (including phenoxy) is 1. The van der Waals surface area contributed by atoms with E-state index in [1.807, 2.05) is 0 Å². The molecule has 0 saturated carbocycles. The van der Waals surface area contributed by atoms with Crippen LogP contribution in [0.3, 0.4) is 0 Å². The first-order valence-corrected chi connectivity index (χ1v) is 7.70. The Bertz CT molecular complexity index is 613. The number of aromatic nitrogens is 1. The molecule has 1 N–H and O–H groups in total. The molecular formula is C14H13Cl3N2O2. The van der Waals surface area contributed by atoms with E-state index in [0.29, 0.717) is 26.7 Å². The molecule has 7 heteroatoms. The van der Waals surface area contributed by atoms with Crippen molar-refractivity contribution in [2.75, 3.05) is 13.1 Å². The van der Waals surface area contributed by atoms with Crippen LogP contribution >= 0.6 is 34.8 Å². The van der Waals surface area contributed by atoms with Gasteiger partial charge in [0.15, 0.2) is 6.10 Å². The summed E-state index contributed by atoms with van der Waals surface area (Å²) in [6, 6.07) is 3.19. The van der Waals surface area contributed by atoms with Gasteiger partial charge in [-0.2, -0.15) is 0 Å². The summed E-state index contributed by atoms with van der Waals surface area (Å²) in [6.45, 7) is 1.78. The first-order valence-electron chi connectivity index (χ1n) is 6.56. The lowest BCUT2D eigenvalue weighted by molar-refractivity contribution is 0.114. The highest BCUT2D eigenvalue weighted by atomic mass is 35.5. The van der Waals surface area contributed by atoms with Crippen LogP contribution in [0.15, 0.2) is 29.0 Å². The van der Waals surface area contributed by atoms with Crippen LogP contribution in [0.25, 0.3) is 0 Å². The normalized spacial score (nSPS) is 19.7. The standard InChI is InChI=1S/C14H13Cl3N2O2/c15-9-5-11(17)12(6-10(9)16)21-13(8-1-2-18-7-8)14-19-3-4-20-14/h3-6,8,13,18H,1-2,7H2/t8?,13-/m0/s1. The zero-order chi connectivity index (χ0) is 14.8. The molecule has 0 spiro atoms. The molecule has 1 aromatic heterocycles. The molecule has 1 fully saturated rings. The SMILES string of the molecule is Clc1cc(Cl)c(O[C@H](c2ncco2)C2CCNC2)cc1Cl. The van der Waals surface area contributed by atoms with E-state index in [2.05, 4.69) is 10.3 Å². The molecule has 0 aliphatic carbocycles. The van der Waals surface area contributed by atoms with Crippen molar-refractivity contribution >= 4 is 34.8 Å². The number of hydrogen-bond acceptors (Lipinski definition) is 4. The summed E-state index contributed by atoms with van der Waals surface area (Å²) in [5.41, 5.74) is 0. The van der Waals surface area contributed by atoms with Gasteiger partial charge in [-0.15, -0.1) is 0 Å². The van der Waals surface area contributed by atoms with Crippen LogP contribution in [0, 0.1) is 5.92 Å². The van der Waals surface area contributed by atoms with Crippen molar-refractivity contribution in [2.45, 2.75) is 12.5 Å². The number of rotatable bonds is 4. The second-order valence-corrected chi connectivity index (χ2v) is 6.08. The lowest BCUT2D eigenvalue weighted by Crippen LogP contribution is -2.21. The Morgan fingerprint density at radius 2 is 2.05 bits per heavy atom. The number of nitrogens with one attached hydrogen (secondary N) is 1. The lowest BCUT2D eigenvalue weighted by atomic mass is 10.0. The van der Waals surface area contributed by atoms with Crippen molar-refractivity contribution in [3.05, 3.63) is 45.6 Å². The zero-order valence-electron chi connectivity index (χ0n) is 11.0. The van der Waals surface area contributed by atoms with Gasteiger partial charge in [0.05, 0.1) is 21.3 Å². The van der Waals surface area contributed by atoms with E-state index in [1.54, 1.807) is 18.3 Å². The van der Waals surface area contributed by atoms with Gasteiger partial charge < -0.3 is 14.5 Å².